The highest BCUT2D eigenvalue weighted by molar-refractivity contribution is 9.10. The fourth-order valence-electron chi connectivity index (χ4n) is 1.21. The Morgan fingerprint density at radius 1 is 1.28 bits per heavy atom. The Bertz CT molecular complexity index is 591. The summed E-state index contributed by atoms with van der Waals surface area (Å²) in [5, 5.41) is 9.95. The molecular formula is C11H6BrClFN3O. The van der Waals surface area contributed by atoms with Gasteiger partial charge < -0.3 is 5.32 Å². The van der Waals surface area contributed by atoms with Crippen molar-refractivity contribution in [3.05, 3.63) is 51.3 Å². The summed E-state index contributed by atoms with van der Waals surface area (Å²) in [6.45, 7) is 0. The van der Waals surface area contributed by atoms with Crippen LogP contribution in [0, 0.1) is 5.82 Å². The molecule has 0 spiro atoms. The van der Waals surface area contributed by atoms with Crippen LogP contribution in [0.4, 0.5) is 10.2 Å². The third-order valence-corrected chi connectivity index (χ3v) is 2.90. The van der Waals surface area contributed by atoms with Crippen molar-refractivity contribution < 1.29 is 9.18 Å². The largest absolute Gasteiger partial charge is 0.305 e. The van der Waals surface area contributed by atoms with Crippen molar-refractivity contribution >= 4 is 39.3 Å². The summed E-state index contributed by atoms with van der Waals surface area (Å²) in [5.41, 5.74) is 0.187. The third-order valence-electron chi connectivity index (χ3n) is 2.06. The first kappa shape index (κ1) is 12.9. The number of nitrogens with one attached hydrogen (secondary N) is 1. The average molecular weight is 331 g/mol. The minimum atomic E-state index is -0.509. The topological polar surface area (TPSA) is 54.9 Å². The zero-order chi connectivity index (χ0) is 13.1. The molecule has 0 fully saturated rings. The van der Waals surface area contributed by atoms with E-state index in [0.717, 1.165) is 6.07 Å². The molecule has 4 nitrogen and oxygen atoms in total. The molecule has 0 aliphatic heterocycles. The number of halogens is 3. The van der Waals surface area contributed by atoms with E-state index >= 15 is 0 Å². The van der Waals surface area contributed by atoms with Gasteiger partial charge in [-0.15, -0.1) is 10.2 Å². The van der Waals surface area contributed by atoms with Crippen LogP contribution in [0.2, 0.25) is 5.15 Å². The van der Waals surface area contributed by atoms with E-state index in [-0.39, 0.29) is 16.5 Å². The zero-order valence-corrected chi connectivity index (χ0v) is 11.2. The van der Waals surface area contributed by atoms with Crippen LogP contribution in [0.1, 0.15) is 10.4 Å². The lowest BCUT2D eigenvalue weighted by atomic mass is 10.2. The maximum absolute atomic E-state index is 13.3. The molecule has 1 amide bonds. The number of aromatic nitrogens is 2. The van der Waals surface area contributed by atoms with E-state index in [2.05, 4.69) is 31.4 Å². The number of anilines is 1. The molecule has 1 heterocycles. The van der Waals surface area contributed by atoms with E-state index < -0.39 is 11.7 Å². The lowest BCUT2D eigenvalue weighted by Gasteiger charge is -2.04. The van der Waals surface area contributed by atoms with Gasteiger partial charge in [0.25, 0.3) is 5.91 Å². The van der Waals surface area contributed by atoms with E-state index in [9.17, 15) is 9.18 Å². The molecule has 2 rings (SSSR count). The number of amides is 1. The highest BCUT2D eigenvalue weighted by Gasteiger charge is 2.09. The number of nitrogens with zero attached hydrogens (tertiary/aromatic N) is 2. The van der Waals surface area contributed by atoms with Gasteiger partial charge in [-0.25, -0.2) is 4.39 Å². The smallest absolute Gasteiger partial charge is 0.256 e. The summed E-state index contributed by atoms with van der Waals surface area (Å²) < 4.78 is 13.6. The predicted octanol–water partition coefficient (Wildman–Crippen LogP) is 3.28. The molecule has 0 atom stereocenters. The lowest BCUT2D eigenvalue weighted by molar-refractivity contribution is 0.102. The Hall–Kier alpha value is -1.53. The molecule has 1 N–H and O–H groups in total. The molecule has 0 saturated heterocycles. The number of carbonyl (C=O) groups excluding carboxylic acids is 1. The number of hydrogen-bond donors (Lipinski definition) is 1. The van der Waals surface area contributed by atoms with Crippen LogP contribution in [-0.2, 0) is 0 Å². The second kappa shape index (κ2) is 5.41. The Balaban J connectivity index is 2.16. The zero-order valence-electron chi connectivity index (χ0n) is 8.82. The minimum absolute atomic E-state index is 0.187. The standard InChI is InChI=1S/C11H6BrClFN3O/c12-7-2-1-6(5-8(7)14)11(18)15-10-4-3-9(13)16-17-10/h1-5H,(H,15,17,18). The molecule has 1 aromatic carbocycles. The summed E-state index contributed by atoms with van der Waals surface area (Å²) in [4.78, 5) is 11.8. The van der Waals surface area contributed by atoms with Gasteiger partial charge in [-0.3, -0.25) is 4.79 Å². The Morgan fingerprint density at radius 3 is 2.67 bits per heavy atom. The van der Waals surface area contributed by atoms with E-state index in [1.54, 1.807) is 0 Å². The maximum atomic E-state index is 13.3. The Labute approximate surface area is 115 Å². The fraction of sp³-hybridized carbons (Fsp3) is 0. The summed E-state index contributed by atoms with van der Waals surface area (Å²) in [6, 6.07) is 7.07. The van der Waals surface area contributed by atoms with Gasteiger partial charge in [0.2, 0.25) is 0 Å². The average Bonchev–Trinajstić information content (AvgIpc) is 2.35. The van der Waals surface area contributed by atoms with E-state index in [4.69, 9.17) is 11.6 Å². The van der Waals surface area contributed by atoms with E-state index in [0.29, 0.717) is 4.47 Å². The van der Waals surface area contributed by atoms with Crippen molar-refractivity contribution in [3.63, 3.8) is 0 Å². The van der Waals surface area contributed by atoms with Crippen LogP contribution in [0.15, 0.2) is 34.8 Å². The Morgan fingerprint density at radius 2 is 2.06 bits per heavy atom. The summed E-state index contributed by atoms with van der Waals surface area (Å²) in [7, 11) is 0. The van der Waals surface area contributed by atoms with Crippen LogP contribution in [-0.4, -0.2) is 16.1 Å². The second-order valence-electron chi connectivity index (χ2n) is 3.32. The van der Waals surface area contributed by atoms with Crippen molar-refractivity contribution in [1.82, 2.24) is 10.2 Å². The van der Waals surface area contributed by atoms with Crippen molar-refractivity contribution in [2.45, 2.75) is 0 Å². The predicted molar refractivity (Wildman–Crippen MR) is 69.1 cm³/mol. The van der Waals surface area contributed by atoms with Crippen LogP contribution in [0.25, 0.3) is 0 Å². The monoisotopic (exact) mass is 329 g/mol. The molecule has 0 aliphatic carbocycles. The molecule has 0 radical (unpaired) electrons. The molecule has 0 saturated carbocycles. The first-order valence-electron chi connectivity index (χ1n) is 4.82. The molecule has 0 bridgehead atoms. The van der Waals surface area contributed by atoms with Crippen molar-refractivity contribution in [2.75, 3.05) is 5.32 Å². The van der Waals surface area contributed by atoms with Crippen LogP contribution < -0.4 is 5.32 Å². The number of hydrogen-bond acceptors (Lipinski definition) is 3. The maximum Gasteiger partial charge on any atom is 0.256 e. The van der Waals surface area contributed by atoms with Crippen molar-refractivity contribution in [3.8, 4) is 0 Å². The number of benzene rings is 1. The molecule has 0 aliphatic rings. The quantitative estimate of drug-likeness (QED) is 0.919. The van der Waals surface area contributed by atoms with Gasteiger partial charge in [0.15, 0.2) is 11.0 Å². The van der Waals surface area contributed by atoms with Crippen molar-refractivity contribution in [1.29, 1.82) is 0 Å². The molecule has 2 aromatic rings. The van der Waals surface area contributed by atoms with E-state index in [1.165, 1.54) is 24.3 Å². The van der Waals surface area contributed by atoms with Crippen LogP contribution in [0.3, 0.4) is 0 Å². The number of rotatable bonds is 2. The highest BCUT2D eigenvalue weighted by atomic mass is 79.9. The lowest BCUT2D eigenvalue weighted by Crippen LogP contribution is -2.13. The fourth-order valence-corrected chi connectivity index (χ4v) is 1.56. The van der Waals surface area contributed by atoms with Gasteiger partial charge in [-0.1, -0.05) is 11.6 Å². The minimum Gasteiger partial charge on any atom is -0.305 e. The third kappa shape index (κ3) is 3.02. The molecule has 7 heteroatoms. The van der Waals surface area contributed by atoms with Gasteiger partial charge in [0, 0.05) is 5.56 Å². The normalized spacial score (nSPS) is 10.2. The summed E-state index contributed by atoms with van der Waals surface area (Å²) in [5.74, 6) is -0.740. The van der Waals surface area contributed by atoms with Gasteiger partial charge in [0.05, 0.1) is 4.47 Å². The highest BCUT2D eigenvalue weighted by Crippen LogP contribution is 2.17. The first-order valence-corrected chi connectivity index (χ1v) is 5.99. The first-order chi connectivity index (χ1) is 8.56. The Kier molecular flexibility index (Phi) is 3.88. The van der Waals surface area contributed by atoms with Gasteiger partial charge in [0.1, 0.15) is 5.82 Å². The number of carbonyl (C=O) groups is 1. The second-order valence-corrected chi connectivity index (χ2v) is 4.57. The molecular weight excluding hydrogens is 324 g/mol. The molecule has 1 aromatic heterocycles. The van der Waals surface area contributed by atoms with Gasteiger partial charge in [-0.2, -0.15) is 0 Å². The van der Waals surface area contributed by atoms with Gasteiger partial charge in [-0.05, 0) is 46.3 Å². The molecule has 18 heavy (non-hydrogen) atoms. The SMILES string of the molecule is O=C(Nc1ccc(Cl)nn1)c1ccc(Br)c(F)c1. The summed E-state index contributed by atoms with van der Waals surface area (Å²) in [6.07, 6.45) is 0. The summed E-state index contributed by atoms with van der Waals surface area (Å²) >= 11 is 8.57. The van der Waals surface area contributed by atoms with Crippen LogP contribution >= 0.6 is 27.5 Å². The molecule has 92 valence electrons. The van der Waals surface area contributed by atoms with E-state index in [1.807, 2.05) is 0 Å². The molecule has 0 unspecified atom stereocenters. The van der Waals surface area contributed by atoms with Crippen LogP contribution in [0.5, 0.6) is 0 Å². The van der Waals surface area contributed by atoms with Gasteiger partial charge >= 0.3 is 0 Å². The van der Waals surface area contributed by atoms with Crippen molar-refractivity contribution in [2.24, 2.45) is 0 Å².